The SMILES string of the molecule is Cc1cc(=O)[nH]c(C)c1NC(=O)c1ccc(CC2CCNC2)cc1. The molecule has 1 atom stereocenters. The zero-order valence-electron chi connectivity index (χ0n) is 14.1. The Morgan fingerprint density at radius 2 is 2.00 bits per heavy atom. The topological polar surface area (TPSA) is 74.0 Å². The van der Waals surface area contributed by atoms with E-state index in [9.17, 15) is 9.59 Å². The van der Waals surface area contributed by atoms with Crippen molar-refractivity contribution in [2.24, 2.45) is 5.92 Å². The molecular formula is C19H23N3O2. The van der Waals surface area contributed by atoms with Crippen LogP contribution in [0.5, 0.6) is 0 Å². The number of carbonyl (C=O) groups is 1. The molecule has 1 aliphatic heterocycles. The maximum absolute atomic E-state index is 12.4. The van der Waals surface area contributed by atoms with E-state index in [0.29, 0.717) is 22.9 Å². The summed E-state index contributed by atoms with van der Waals surface area (Å²) >= 11 is 0. The number of aromatic amines is 1. The monoisotopic (exact) mass is 325 g/mol. The molecule has 5 nitrogen and oxygen atoms in total. The largest absolute Gasteiger partial charge is 0.324 e. The van der Waals surface area contributed by atoms with E-state index < -0.39 is 0 Å². The highest BCUT2D eigenvalue weighted by atomic mass is 16.1. The van der Waals surface area contributed by atoms with Crippen LogP contribution < -0.4 is 16.2 Å². The number of rotatable bonds is 4. The molecule has 1 aromatic carbocycles. The van der Waals surface area contributed by atoms with Crippen LogP contribution in [0.15, 0.2) is 35.1 Å². The Kier molecular flexibility index (Phi) is 4.81. The van der Waals surface area contributed by atoms with Gasteiger partial charge in [-0.2, -0.15) is 0 Å². The van der Waals surface area contributed by atoms with Gasteiger partial charge in [-0.05, 0) is 69.0 Å². The number of amides is 1. The number of aromatic nitrogens is 1. The molecule has 0 radical (unpaired) electrons. The molecule has 2 aromatic rings. The summed E-state index contributed by atoms with van der Waals surface area (Å²) in [6.45, 7) is 5.77. The maximum Gasteiger partial charge on any atom is 0.255 e. The van der Waals surface area contributed by atoms with E-state index in [4.69, 9.17) is 0 Å². The van der Waals surface area contributed by atoms with Gasteiger partial charge in [0.15, 0.2) is 0 Å². The van der Waals surface area contributed by atoms with Crippen LogP contribution in [0.1, 0.15) is 33.6 Å². The zero-order valence-corrected chi connectivity index (χ0v) is 14.1. The van der Waals surface area contributed by atoms with Gasteiger partial charge >= 0.3 is 0 Å². The molecule has 0 saturated carbocycles. The summed E-state index contributed by atoms with van der Waals surface area (Å²) in [5.74, 6) is 0.526. The minimum absolute atomic E-state index is 0.159. The summed E-state index contributed by atoms with van der Waals surface area (Å²) < 4.78 is 0. The first-order valence-electron chi connectivity index (χ1n) is 8.34. The van der Waals surface area contributed by atoms with Crippen molar-refractivity contribution in [3.05, 3.63) is 63.1 Å². The van der Waals surface area contributed by atoms with Crippen molar-refractivity contribution in [2.45, 2.75) is 26.7 Å². The molecule has 1 unspecified atom stereocenters. The molecule has 1 fully saturated rings. The molecule has 1 amide bonds. The second kappa shape index (κ2) is 7.01. The highest BCUT2D eigenvalue weighted by Crippen LogP contribution is 2.18. The van der Waals surface area contributed by atoms with E-state index in [0.717, 1.165) is 25.1 Å². The van der Waals surface area contributed by atoms with Gasteiger partial charge in [-0.25, -0.2) is 0 Å². The smallest absolute Gasteiger partial charge is 0.255 e. The Bertz CT molecular complexity index is 761. The number of H-pyrrole nitrogens is 1. The lowest BCUT2D eigenvalue weighted by Gasteiger charge is -2.12. The second-order valence-corrected chi connectivity index (χ2v) is 6.53. The predicted molar refractivity (Wildman–Crippen MR) is 95.6 cm³/mol. The van der Waals surface area contributed by atoms with Crippen molar-refractivity contribution in [3.63, 3.8) is 0 Å². The fourth-order valence-corrected chi connectivity index (χ4v) is 3.24. The van der Waals surface area contributed by atoms with Gasteiger partial charge in [-0.1, -0.05) is 12.1 Å². The fourth-order valence-electron chi connectivity index (χ4n) is 3.24. The summed E-state index contributed by atoms with van der Waals surface area (Å²) in [7, 11) is 0. The molecule has 3 N–H and O–H groups in total. The van der Waals surface area contributed by atoms with Gasteiger partial charge in [0.25, 0.3) is 5.91 Å². The molecule has 5 heteroatoms. The fraction of sp³-hybridized carbons (Fsp3) is 0.368. The third kappa shape index (κ3) is 3.74. The van der Waals surface area contributed by atoms with Crippen molar-refractivity contribution in [2.75, 3.05) is 18.4 Å². The van der Waals surface area contributed by atoms with Crippen molar-refractivity contribution < 1.29 is 4.79 Å². The van der Waals surface area contributed by atoms with Crippen LogP contribution in [0.4, 0.5) is 5.69 Å². The molecular weight excluding hydrogens is 302 g/mol. The third-order valence-corrected chi connectivity index (χ3v) is 4.57. The number of hydrogen-bond acceptors (Lipinski definition) is 3. The Morgan fingerprint density at radius 1 is 1.25 bits per heavy atom. The summed E-state index contributed by atoms with van der Waals surface area (Å²) in [5, 5.41) is 6.27. The molecule has 1 aliphatic rings. The number of carbonyl (C=O) groups excluding carboxylic acids is 1. The molecule has 3 rings (SSSR count). The normalized spacial score (nSPS) is 17.0. The number of hydrogen-bond donors (Lipinski definition) is 3. The quantitative estimate of drug-likeness (QED) is 0.808. The Hall–Kier alpha value is -2.40. The van der Waals surface area contributed by atoms with Crippen molar-refractivity contribution in [1.82, 2.24) is 10.3 Å². The zero-order chi connectivity index (χ0) is 17.1. The minimum atomic E-state index is -0.165. The number of anilines is 1. The molecule has 0 bridgehead atoms. The molecule has 0 spiro atoms. The van der Waals surface area contributed by atoms with Crippen LogP contribution in [-0.2, 0) is 6.42 Å². The first-order valence-corrected chi connectivity index (χ1v) is 8.34. The van der Waals surface area contributed by atoms with Gasteiger partial charge in [0, 0.05) is 17.3 Å². The predicted octanol–water partition coefficient (Wildman–Crippen LogP) is 2.40. The average Bonchev–Trinajstić information content (AvgIpc) is 3.04. The standard InChI is InChI=1S/C19H23N3O2/c1-12-9-17(23)21-13(2)18(12)22-19(24)16-5-3-14(4-6-16)10-15-7-8-20-11-15/h3-6,9,15,20H,7-8,10-11H2,1-2H3,(H,21,23)(H,22,24). The molecule has 1 saturated heterocycles. The Balaban J connectivity index is 1.70. The lowest BCUT2D eigenvalue weighted by Crippen LogP contribution is -2.17. The third-order valence-electron chi connectivity index (χ3n) is 4.57. The first-order chi connectivity index (χ1) is 11.5. The minimum Gasteiger partial charge on any atom is -0.324 e. The van der Waals surface area contributed by atoms with E-state index >= 15 is 0 Å². The van der Waals surface area contributed by atoms with E-state index in [1.165, 1.54) is 18.1 Å². The van der Waals surface area contributed by atoms with Gasteiger partial charge in [0.2, 0.25) is 5.56 Å². The highest BCUT2D eigenvalue weighted by molar-refractivity contribution is 6.04. The first kappa shape index (κ1) is 16.5. The van der Waals surface area contributed by atoms with E-state index in [1.807, 2.05) is 31.2 Å². The van der Waals surface area contributed by atoms with Crippen LogP contribution in [0, 0.1) is 19.8 Å². The molecule has 24 heavy (non-hydrogen) atoms. The van der Waals surface area contributed by atoms with Crippen LogP contribution in [-0.4, -0.2) is 24.0 Å². The number of nitrogens with one attached hydrogen (secondary N) is 3. The summed E-state index contributed by atoms with van der Waals surface area (Å²) in [6, 6.07) is 9.27. The van der Waals surface area contributed by atoms with Crippen molar-refractivity contribution in [3.8, 4) is 0 Å². The number of aryl methyl sites for hydroxylation is 2. The molecule has 1 aromatic heterocycles. The summed E-state index contributed by atoms with van der Waals surface area (Å²) in [4.78, 5) is 26.6. The van der Waals surface area contributed by atoms with Crippen LogP contribution in [0.3, 0.4) is 0 Å². The number of benzene rings is 1. The summed E-state index contributed by atoms with van der Waals surface area (Å²) in [6.07, 6.45) is 2.26. The van der Waals surface area contributed by atoms with Crippen molar-refractivity contribution >= 4 is 11.6 Å². The van der Waals surface area contributed by atoms with Gasteiger partial charge in [0.1, 0.15) is 0 Å². The lowest BCUT2D eigenvalue weighted by atomic mass is 9.98. The Morgan fingerprint density at radius 3 is 2.62 bits per heavy atom. The second-order valence-electron chi connectivity index (χ2n) is 6.53. The van der Waals surface area contributed by atoms with Gasteiger partial charge in [-0.3, -0.25) is 9.59 Å². The van der Waals surface area contributed by atoms with Crippen LogP contribution in [0.2, 0.25) is 0 Å². The van der Waals surface area contributed by atoms with Crippen LogP contribution >= 0.6 is 0 Å². The molecule has 0 aliphatic carbocycles. The molecule has 2 heterocycles. The van der Waals surface area contributed by atoms with Crippen molar-refractivity contribution in [1.29, 1.82) is 0 Å². The van der Waals surface area contributed by atoms with Gasteiger partial charge < -0.3 is 15.6 Å². The average molecular weight is 325 g/mol. The van der Waals surface area contributed by atoms with Gasteiger partial charge in [0.05, 0.1) is 5.69 Å². The molecule has 126 valence electrons. The summed E-state index contributed by atoms with van der Waals surface area (Å²) in [5.41, 5.74) is 3.81. The van der Waals surface area contributed by atoms with E-state index in [-0.39, 0.29) is 11.5 Å². The van der Waals surface area contributed by atoms with Crippen LogP contribution in [0.25, 0.3) is 0 Å². The van der Waals surface area contributed by atoms with E-state index in [1.54, 1.807) is 6.92 Å². The Labute approximate surface area is 141 Å². The van der Waals surface area contributed by atoms with E-state index in [2.05, 4.69) is 15.6 Å². The lowest BCUT2D eigenvalue weighted by molar-refractivity contribution is 0.102. The maximum atomic E-state index is 12.4. The highest BCUT2D eigenvalue weighted by Gasteiger charge is 2.15. The number of pyridine rings is 1. The van der Waals surface area contributed by atoms with Gasteiger partial charge in [-0.15, -0.1) is 0 Å².